The van der Waals surface area contributed by atoms with Crippen LogP contribution in [0.2, 0.25) is 0 Å². The van der Waals surface area contributed by atoms with Gasteiger partial charge in [-0.3, -0.25) is 4.79 Å². The molecule has 1 amide bonds. The summed E-state index contributed by atoms with van der Waals surface area (Å²) in [6.07, 6.45) is 3.27. The lowest BCUT2D eigenvalue weighted by atomic mass is 9.95. The number of hydrogen-bond acceptors (Lipinski definition) is 2. The molecule has 0 spiro atoms. The van der Waals surface area contributed by atoms with Gasteiger partial charge >= 0.3 is 0 Å². The van der Waals surface area contributed by atoms with Crippen LogP contribution < -0.4 is 5.73 Å². The van der Waals surface area contributed by atoms with Crippen molar-refractivity contribution in [1.29, 1.82) is 0 Å². The zero-order valence-electron chi connectivity index (χ0n) is 10.6. The summed E-state index contributed by atoms with van der Waals surface area (Å²) in [6.45, 7) is 2.67. The van der Waals surface area contributed by atoms with E-state index < -0.39 is 0 Å². The normalized spacial score (nSPS) is 24.1. The maximum absolute atomic E-state index is 12.6. The molecule has 1 saturated heterocycles. The van der Waals surface area contributed by atoms with Crippen molar-refractivity contribution >= 4 is 28.5 Å². The van der Waals surface area contributed by atoms with Crippen molar-refractivity contribution in [3.63, 3.8) is 0 Å². The molecule has 0 aliphatic carbocycles. The van der Waals surface area contributed by atoms with Gasteiger partial charge < -0.3 is 10.6 Å². The summed E-state index contributed by atoms with van der Waals surface area (Å²) in [4.78, 5) is 14.6. The topological polar surface area (TPSA) is 46.3 Å². The van der Waals surface area contributed by atoms with E-state index in [1.165, 1.54) is 6.42 Å². The Balaban J connectivity index is 2.25. The summed E-state index contributed by atoms with van der Waals surface area (Å²) in [6, 6.07) is 8.24. The third kappa shape index (κ3) is 2.85. The zero-order chi connectivity index (χ0) is 13.1. The van der Waals surface area contributed by atoms with Crippen molar-refractivity contribution in [3.05, 3.63) is 33.4 Å². The fraction of sp³-hybridized carbons (Fsp3) is 0.500. The molecule has 0 bridgehead atoms. The van der Waals surface area contributed by atoms with Crippen LogP contribution in [0.3, 0.4) is 0 Å². The van der Waals surface area contributed by atoms with Crippen LogP contribution in [-0.2, 0) is 0 Å². The second-order valence-corrected chi connectivity index (χ2v) is 6.14. The van der Waals surface area contributed by atoms with Crippen LogP contribution in [0.15, 0.2) is 24.3 Å². The molecule has 1 fully saturated rings. The number of carbonyl (C=O) groups is 1. The predicted octanol–water partition coefficient (Wildman–Crippen LogP) is 2.63. The summed E-state index contributed by atoms with van der Waals surface area (Å²) in [7, 11) is 0. The number of carbonyl (C=O) groups excluding carboxylic acids is 1. The fourth-order valence-corrected chi connectivity index (χ4v) is 3.20. The number of piperidine rings is 1. The molecule has 2 N–H and O–H groups in total. The third-order valence-electron chi connectivity index (χ3n) is 3.61. The lowest BCUT2D eigenvalue weighted by molar-refractivity contribution is 0.0494. The lowest BCUT2D eigenvalue weighted by Crippen LogP contribution is -2.51. The van der Waals surface area contributed by atoms with Gasteiger partial charge in [0.15, 0.2) is 0 Å². The molecule has 2 atom stereocenters. The van der Waals surface area contributed by atoms with E-state index in [0.29, 0.717) is 6.54 Å². The van der Waals surface area contributed by atoms with Crippen LogP contribution in [0.25, 0.3) is 0 Å². The number of nitrogens with zero attached hydrogens (tertiary/aromatic N) is 1. The van der Waals surface area contributed by atoms with Gasteiger partial charge in [0.2, 0.25) is 0 Å². The van der Waals surface area contributed by atoms with Crippen LogP contribution in [0.5, 0.6) is 0 Å². The average molecular weight is 358 g/mol. The van der Waals surface area contributed by atoms with Crippen molar-refractivity contribution in [1.82, 2.24) is 4.90 Å². The second-order valence-electron chi connectivity index (χ2n) is 4.89. The van der Waals surface area contributed by atoms with Crippen molar-refractivity contribution in [2.45, 2.75) is 38.3 Å². The molecule has 1 aromatic carbocycles. The summed E-state index contributed by atoms with van der Waals surface area (Å²) in [5.74, 6) is 0.121. The van der Waals surface area contributed by atoms with Gasteiger partial charge in [0, 0.05) is 27.8 Å². The molecule has 1 aliphatic heterocycles. The number of hydrogen-bond donors (Lipinski definition) is 1. The molecular weight excluding hydrogens is 339 g/mol. The van der Waals surface area contributed by atoms with Gasteiger partial charge in [0.05, 0.1) is 0 Å². The van der Waals surface area contributed by atoms with Crippen molar-refractivity contribution in [2.75, 3.05) is 6.54 Å². The standard InChI is InChI=1S/C14H19IN2O/c1-10-4-2-7-13(9-16)17(10)14(18)11-5-3-6-12(15)8-11/h3,5-6,8,10,13H,2,4,7,9,16H2,1H3. The highest BCUT2D eigenvalue weighted by Gasteiger charge is 2.31. The monoisotopic (exact) mass is 358 g/mol. The number of nitrogens with two attached hydrogens (primary N) is 1. The average Bonchev–Trinajstić information content (AvgIpc) is 2.37. The molecule has 0 aromatic heterocycles. The van der Waals surface area contributed by atoms with E-state index in [9.17, 15) is 4.79 Å². The summed E-state index contributed by atoms with van der Waals surface area (Å²) >= 11 is 2.23. The zero-order valence-corrected chi connectivity index (χ0v) is 12.8. The van der Waals surface area contributed by atoms with E-state index in [1.54, 1.807) is 0 Å². The maximum atomic E-state index is 12.6. The minimum absolute atomic E-state index is 0.121. The summed E-state index contributed by atoms with van der Waals surface area (Å²) in [5.41, 5.74) is 6.58. The summed E-state index contributed by atoms with van der Waals surface area (Å²) in [5, 5.41) is 0. The Labute approximate surface area is 122 Å². The highest BCUT2D eigenvalue weighted by Crippen LogP contribution is 2.24. The highest BCUT2D eigenvalue weighted by molar-refractivity contribution is 14.1. The van der Waals surface area contributed by atoms with Crippen LogP contribution in [-0.4, -0.2) is 29.4 Å². The minimum Gasteiger partial charge on any atom is -0.332 e. The molecule has 3 nitrogen and oxygen atoms in total. The van der Waals surface area contributed by atoms with Crippen LogP contribution in [0.4, 0.5) is 0 Å². The first kappa shape index (κ1) is 13.8. The smallest absolute Gasteiger partial charge is 0.254 e. The first-order chi connectivity index (χ1) is 8.63. The van der Waals surface area contributed by atoms with Gasteiger partial charge in [0.25, 0.3) is 5.91 Å². The molecule has 2 unspecified atom stereocenters. The lowest BCUT2D eigenvalue weighted by Gasteiger charge is -2.40. The number of halogens is 1. The number of amides is 1. The van der Waals surface area contributed by atoms with E-state index in [0.717, 1.165) is 22.0 Å². The Kier molecular flexibility index (Phi) is 4.61. The van der Waals surface area contributed by atoms with Gasteiger partial charge in [0.1, 0.15) is 0 Å². The number of rotatable bonds is 2. The molecule has 1 aromatic rings. The molecule has 4 heteroatoms. The minimum atomic E-state index is 0.121. The Hall–Kier alpha value is -0.620. The first-order valence-corrected chi connectivity index (χ1v) is 7.49. The molecule has 2 rings (SSSR count). The van der Waals surface area contributed by atoms with Crippen LogP contribution >= 0.6 is 22.6 Å². The first-order valence-electron chi connectivity index (χ1n) is 6.41. The van der Waals surface area contributed by atoms with Gasteiger partial charge in [-0.2, -0.15) is 0 Å². The van der Waals surface area contributed by atoms with Gasteiger partial charge in [-0.05, 0) is 67.0 Å². The summed E-state index contributed by atoms with van der Waals surface area (Å²) < 4.78 is 1.09. The second kappa shape index (κ2) is 6.02. The van der Waals surface area contributed by atoms with Gasteiger partial charge in [-0.25, -0.2) is 0 Å². The van der Waals surface area contributed by atoms with E-state index in [2.05, 4.69) is 29.5 Å². The molecule has 1 heterocycles. The number of benzene rings is 1. The molecule has 18 heavy (non-hydrogen) atoms. The maximum Gasteiger partial charge on any atom is 0.254 e. The third-order valence-corrected chi connectivity index (χ3v) is 4.28. The van der Waals surface area contributed by atoms with E-state index >= 15 is 0 Å². The molecule has 0 radical (unpaired) electrons. The van der Waals surface area contributed by atoms with Crippen molar-refractivity contribution in [2.24, 2.45) is 5.73 Å². The van der Waals surface area contributed by atoms with Gasteiger partial charge in [-0.1, -0.05) is 6.07 Å². The quantitative estimate of drug-likeness (QED) is 0.827. The van der Waals surface area contributed by atoms with Gasteiger partial charge in [-0.15, -0.1) is 0 Å². The van der Waals surface area contributed by atoms with Crippen molar-refractivity contribution < 1.29 is 4.79 Å². The highest BCUT2D eigenvalue weighted by atomic mass is 127. The van der Waals surface area contributed by atoms with Crippen LogP contribution in [0, 0.1) is 3.57 Å². The molecular formula is C14H19IN2O. The Morgan fingerprint density at radius 1 is 1.50 bits per heavy atom. The van der Waals surface area contributed by atoms with E-state index in [-0.39, 0.29) is 18.0 Å². The Morgan fingerprint density at radius 2 is 2.28 bits per heavy atom. The molecule has 98 valence electrons. The van der Waals surface area contributed by atoms with E-state index in [1.807, 2.05) is 29.2 Å². The fourth-order valence-electron chi connectivity index (χ4n) is 2.65. The predicted molar refractivity (Wildman–Crippen MR) is 81.5 cm³/mol. The van der Waals surface area contributed by atoms with Crippen molar-refractivity contribution in [3.8, 4) is 0 Å². The Bertz CT molecular complexity index is 436. The van der Waals surface area contributed by atoms with E-state index in [4.69, 9.17) is 5.73 Å². The SMILES string of the molecule is CC1CCCC(CN)N1C(=O)c1cccc(I)c1. The number of likely N-dealkylation sites (tertiary alicyclic amines) is 1. The largest absolute Gasteiger partial charge is 0.332 e. The molecule has 1 aliphatic rings. The van der Waals surface area contributed by atoms with Crippen LogP contribution in [0.1, 0.15) is 36.5 Å². The Morgan fingerprint density at radius 3 is 2.94 bits per heavy atom. The molecule has 0 saturated carbocycles.